The molecule has 0 spiro atoms. The highest BCUT2D eigenvalue weighted by Gasteiger charge is 2.51. The number of aromatic amines is 1. The van der Waals surface area contributed by atoms with E-state index < -0.39 is 0 Å². The van der Waals surface area contributed by atoms with Crippen molar-refractivity contribution in [3.63, 3.8) is 0 Å². The molecule has 3 aliphatic carbocycles. The van der Waals surface area contributed by atoms with Crippen LogP contribution in [-0.4, -0.2) is 59.3 Å². The highest BCUT2D eigenvalue weighted by Crippen LogP contribution is 2.54. The largest absolute Gasteiger partial charge is 0.488 e. The van der Waals surface area contributed by atoms with Crippen LogP contribution in [0.15, 0.2) is 48.5 Å². The maximum absolute atomic E-state index is 12.4. The van der Waals surface area contributed by atoms with Gasteiger partial charge in [-0.15, -0.1) is 0 Å². The Balaban J connectivity index is 1.18. The van der Waals surface area contributed by atoms with Crippen LogP contribution in [0.2, 0.25) is 0 Å². The SMILES string of the molecule is C[C@@H]1Cc2c([nH]c3ccccc23)[C@@H](c2ccc(OC3CN(CCCF)C3)cc2)N1[C@@H]1CC2CC1C2. The number of fused-ring (bicyclic) bond motifs is 4. The minimum absolute atomic E-state index is 0.220. The predicted molar refractivity (Wildman–Crippen MR) is 138 cm³/mol. The summed E-state index contributed by atoms with van der Waals surface area (Å²) < 4.78 is 18.6. The second-order valence-electron chi connectivity index (χ2n) is 11.5. The van der Waals surface area contributed by atoms with Crippen molar-refractivity contribution in [3.8, 4) is 5.75 Å². The molecular formula is C30H36FN3O. The number of likely N-dealkylation sites (tertiary alicyclic amines) is 1. The molecule has 0 unspecified atom stereocenters. The van der Waals surface area contributed by atoms with Gasteiger partial charge in [-0.05, 0) is 80.2 Å². The minimum Gasteiger partial charge on any atom is -0.488 e. The van der Waals surface area contributed by atoms with Gasteiger partial charge < -0.3 is 9.72 Å². The number of rotatable bonds is 7. The lowest BCUT2D eigenvalue weighted by Crippen LogP contribution is -2.53. The average Bonchev–Trinajstić information content (AvgIpc) is 3.52. The van der Waals surface area contributed by atoms with E-state index in [1.165, 1.54) is 47.0 Å². The van der Waals surface area contributed by atoms with E-state index in [2.05, 4.69) is 70.2 Å². The Morgan fingerprint density at radius 3 is 2.57 bits per heavy atom. The van der Waals surface area contributed by atoms with Gasteiger partial charge in [0.1, 0.15) is 11.9 Å². The van der Waals surface area contributed by atoms with Gasteiger partial charge in [-0.1, -0.05) is 30.3 Å². The maximum atomic E-state index is 12.4. The van der Waals surface area contributed by atoms with Crippen molar-refractivity contribution in [3.05, 3.63) is 65.4 Å². The summed E-state index contributed by atoms with van der Waals surface area (Å²) in [6, 6.07) is 19.2. The van der Waals surface area contributed by atoms with Crippen LogP contribution in [0.4, 0.5) is 4.39 Å². The smallest absolute Gasteiger partial charge is 0.124 e. The van der Waals surface area contributed by atoms with Crippen LogP contribution in [0.3, 0.4) is 0 Å². The number of hydrogen-bond acceptors (Lipinski definition) is 3. The number of aromatic nitrogens is 1. The molecule has 2 aromatic carbocycles. The van der Waals surface area contributed by atoms with Crippen LogP contribution >= 0.6 is 0 Å². The number of nitrogens with one attached hydrogen (secondary N) is 1. The average molecular weight is 474 g/mol. The second-order valence-corrected chi connectivity index (χ2v) is 11.5. The first-order valence-corrected chi connectivity index (χ1v) is 13.6. The topological polar surface area (TPSA) is 31.5 Å². The van der Waals surface area contributed by atoms with Gasteiger partial charge >= 0.3 is 0 Å². The molecule has 8 rings (SSSR count). The number of benzene rings is 2. The minimum atomic E-state index is -0.235. The molecule has 1 saturated heterocycles. The van der Waals surface area contributed by atoms with E-state index in [1.54, 1.807) is 0 Å². The van der Waals surface area contributed by atoms with Gasteiger partial charge in [0, 0.05) is 48.3 Å². The van der Waals surface area contributed by atoms with E-state index in [0.29, 0.717) is 18.5 Å². The lowest BCUT2D eigenvalue weighted by molar-refractivity contribution is 0.0184. The maximum Gasteiger partial charge on any atom is 0.124 e. The van der Waals surface area contributed by atoms with Gasteiger partial charge in [0.15, 0.2) is 0 Å². The van der Waals surface area contributed by atoms with E-state index in [1.807, 2.05) is 0 Å². The van der Waals surface area contributed by atoms with Gasteiger partial charge in [0.05, 0.1) is 12.7 Å². The molecule has 5 heteroatoms. The summed E-state index contributed by atoms with van der Waals surface area (Å²) in [4.78, 5) is 8.98. The van der Waals surface area contributed by atoms with Crippen molar-refractivity contribution in [1.82, 2.24) is 14.8 Å². The van der Waals surface area contributed by atoms with Gasteiger partial charge in [0.2, 0.25) is 0 Å². The lowest BCUT2D eigenvalue weighted by Gasteiger charge is -2.46. The highest BCUT2D eigenvalue weighted by atomic mass is 19.1. The van der Waals surface area contributed by atoms with Gasteiger partial charge in [-0.25, -0.2) is 0 Å². The standard InChI is InChI=1S/C30H36FN3O/c1-19-13-26-25-5-2-3-6-27(25)32-29(26)30(34(19)28-16-20-14-22(28)15-20)21-7-9-23(10-8-21)35-24-17-33(18-24)12-4-11-31/h2-3,5-10,19-20,22,24,28,30,32H,4,11-18H2,1H3/t19-,20?,22?,28-,30-/m1/s1. The molecule has 2 bridgehead atoms. The first kappa shape index (κ1) is 21.9. The third kappa shape index (κ3) is 3.70. The van der Waals surface area contributed by atoms with Crippen molar-refractivity contribution in [2.45, 2.75) is 63.3 Å². The van der Waals surface area contributed by atoms with Gasteiger partial charge in [-0.2, -0.15) is 0 Å². The highest BCUT2D eigenvalue weighted by molar-refractivity contribution is 5.85. The number of nitrogens with zero attached hydrogens (tertiary/aromatic N) is 2. The molecule has 0 radical (unpaired) electrons. The summed E-state index contributed by atoms with van der Waals surface area (Å²) in [7, 11) is 0. The number of ether oxygens (including phenoxy) is 1. The molecule has 184 valence electrons. The second kappa shape index (κ2) is 8.63. The molecule has 1 N–H and O–H groups in total. The van der Waals surface area contributed by atoms with Crippen LogP contribution in [-0.2, 0) is 6.42 Å². The molecule has 5 aliphatic rings. The van der Waals surface area contributed by atoms with E-state index in [4.69, 9.17) is 4.74 Å². The molecule has 0 amide bonds. The Bertz CT molecular complexity index is 1190. The van der Waals surface area contributed by atoms with Gasteiger partial charge in [-0.3, -0.25) is 14.2 Å². The van der Waals surface area contributed by atoms with E-state index in [9.17, 15) is 4.39 Å². The van der Waals surface area contributed by atoms with E-state index >= 15 is 0 Å². The zero-order chi connectivity index (χ0) is 23.5. The third-order valence-corrected chi connectivity index (χ3v) is 9.23. The quantitative estimate of drug-likeness (QED) is 0.476. The Morgan fingerprint density at radius 1 is 1.03 bits per heavy atom. The number of H-pyrrole nitrogens is 1. The number of para-hydroxylation sites is 1. The van der Waals surface area contributed by atoms with Crippen LogP contribution in [0, 0.1) is 11.8 Å². The Hall–Kier alpha value is -2.37. The van der Waals surface area contributed by atoms with Crippen molar-refractivity contribution in [1.29, 1.82) is 0 Å². The summed E-state index contributed by atoms with van der Waals surface area (Å²) >= 11 is 0. The van der Waals surface area contributed by atoms with Gasteiger partial charge in [0.25, 0.3) is 0 Å². The fourth-order valence-corrected chi connectivity index (χ4v) is 7.51. The molecule has 3 heterocycles. The molecule has 2 aliphatic heterocycles. The Morgan fingerprint density at radius 2 is 1.83 bits per heavy atom. The van der Waals surface area contributed by atoms with E-state index in [0.717, 1.165) is 43.6 Å². The summed E-state index contributed by atoms with van der Waals surface area (Å²) in [6.45, 7) is 4.84. The fraction of sp³-hybridized carbons (Fsp3) is 0.533. The molecule has 3 aromatic rings. The predicted octanol–water partition coefficient (Wildman–Crippen LogP) is 5.73. The summed E-state index contributed by atoms with van der Waals surface area (Å²) in [5, 5.41) is 1.39. The van der Waals surface area contributed by atoms with Crippen molar-refractivity contribution >= 4 is 10.9 Å². The molecule has 4 fully saturated rings. The van der Waals surface area contributed by atoms with Crippen LogP contribution in [0.25, 0.3) is 10.9 Å². The summed E-state index contributed by atoms with van der Waals surface area (Å²) in [5.41, 5.74) is 5.51. The molecule has 4 nitrogen and oxygen atoms in total. The number of hydrogen-bond donors (Lipinski definition) is 1. The van der Waals surface area contributed by atoms with Crippen LogP contribution in [0.1, 0.15) is 55.5 Å². The molecule has 35 heavy (non-hydrogen) atoms. The Kier molecular flexibility index (Phi) is 5.40. The zero-order valence-electron chi connectivity index (χ0n) is 20.6. The molecule has 3 atom stereocenters. The first-order chi connectivity index (χ1) is 17.2. The third-order valence-electron chi connectivity index (χ3n) is 9.23. The number of alkyl halides is 1. The molecular weight excluding hydrogens is 437 g/mol. The number of halogens is 1. The normalized spacial score (nSPS) is 30.7. The zero-order valence-corrected chi connectivity index (χ0v) is 20.6. The first-order valence-electron chi connectivity index (χ1n) is 13.6. The summed E-state index contributed by atoms with van der Waals surface area (Å²) in [5.74, 6) is 2.77. The van der Waals surface area contributed by atoms with E-state index in [-0.39, 0.29) is 18.8 Å². The molecule has 1 aromatic heterocycles. The Labute approximate surface area is 207 Å². The molecule has 3 saturated carbocycles. The summed E-state index contributed by atoms with van der Waals surface area (Å²) in [6.07, 6.45) is 6.18. The van der Waals surface area contributed by atoms with Crippen molar-refractivity contribution < 1.29 is 9.13 Å². The van der Waals surface area contributed by atoms with Crippen LogP contribution in [0.5, 0.6) is 5.75 Å². The van der Waals surface area contributed by atoms with Crippen LogP contribution < -0.4 is 4.74 Å². The fourth-order valence-electron chi connectivity index (χ4n) is 7.51. The lowest BCUT2D eigenvalue weighted by atomic mass is 9.82. The monoisotopic (exact) mass is 473 g/mol. The van der Waals surface area contributed by atoms with Crippen molar-refractivity contribution in [2.75, 3.05) is 26.3 Å². The van der Waals surface area contributed by atoms with Crippen molar-refractivity contribution in [2.24, 2.45) is 11.8 Å².